The van der Waals surface area contributed by atoms with Crippen molar-refractivity contribution in [3.05, 3.63) is 29.8 Å². The van der Waals surface area contributed by atoms with Gasteiger partial charge in [-0.15, -0.1) is 0 Å². The van der Waals surface area contributed by atoms with Crippen LogP contribution in [0.25, 0.3) is 0 Å². The van der Waals surface area contributed by atoms with E-state index in [4.69, 9.17) is 9.84 Å². The van der Waals surface area contributed by atoms with Gasteiger partial charge in [-0.1, -0.05) is 25.1 Å². The van der Waals surface area contributed by atoms with Crippen molar-refractivity contribution in [3.8, 4) is 5.75 Å². The van der Waals surface area contributed by atoms with E-state index in [9.17, 15) is 9.59 Å². The Hall–Kier alpha value is -2.04. The summed E-state index contributed by atoms with van der Waals surface area (Å²) in [6.07, 6.45) is -0.618. The molecule has 0 radical (unpaired) electrons. The van der Waals surface area contributed by atoms with Gasteiger partial charge < -0.3 is 14.7 Å². The molecule has 5 nitrogen and oxygen atoms in total. The molecule has 2 atom stereocenters. The van der Waals surface area contributed by atoms with Crippen molar-refractivity contribution in [2.75, 3.05) is 13.6 Å². The lowest BCUT2D eigenvalue weighted by Crippen LogP contribution is -2.41. The Morgan fingerprint density at radius 1 is 1.37 bits per heavy atom. The molecule has 1 N–H and O–H groups in total. The summed E-state index contributed by atoms with van der Waals surface area (Å²) in [5, 5.41) is 8.63. The first-order valence-corrected chi connectivity index (χ1v) is 6.23. The highest BCUT2D eigenvalue weighted by Crippen LogP contribution is 2.38. The van der Waals surface area contributed by atoms with Gasteiger partial charge in [-0.25, -0.2) is 0 Å². The van der Waals surface area contributed by atoms with Crippen LogP contribution in [0, 0.1) is 0 Å². The fourth-order valence-corrected chi connectivity index (χ4v) is 2.22. The molecule has 0 unspecified atom stereocenters. The normalized spacial score (nSPS) is 20.5. The molecule has 19 heavy (non-hydrogen) atoms. The number of carboxylic acids is 1. The van der Waals surface area contributed by atoms with E-state index < -0.39 is 12.1 Å². The van der Waals surface area contributed by atoms with Gasteiger partial charge in [-0.3, -0.25) is 9.59 Å². The predicted octanol–water partition coefficient (Wildman–Crippen LogP) is 1.48. The average molecular weight is 263 g/mol. The molecule has 1 aromatic carbocycles. The summed E-state index contributed by atoms with van der Waals surface area (Å²) in [4.78, 5) is 24.2. The lowest BCUT2D eigenvalue weighted by molar-refractivity contribution is -0.140. The van der Waals surface area contributed by atoms with Gasteiger partial charge in [0.1, 0.15) is 5.75 Å². The zero-order chi connectivity index (χ0) is 14.0. The fraction of sp³-hybridized carbons (Fsp3) is 0.429. The predicted molar refractivity (Wildman–Crippen MR) is 69.2 cm³/mol. The number of benzene rings is 1. The van der Waals surface area contributed by atoms with Crippen molar-refractivity contribution in [2.45, 2.75) is 25.4 Å². The number of carbonyl (C=O) groups excluding carboxylic acids is 1. The van der Waals surface area contributed by atoms with Crippen molar-refractivity contribution in [1.29, 1.82) is 0 Å². The molecule has 1 amide bonds. The van der Waals surface area contributed by atoms with Crippen LogP contribution in [0.4, 0.5) is 0 Å². The minimum Gasteiger partial charge on any atom is -0.481 e. The number of aliphatic carboxylic acids is 1. The summed E-state index contributed by atoms with van der Waals surface area (Å²) < 4.78 is 5.67. The number of fused-ring (bicyclic) bond motifs is 1. The third-order valence-electron chi connectivity index (χ3n) is 3.40. The van der Waals surface area contributed by atoms with Gasteiger partial charge in [-0.2, -0.15) is 0 Å². The minimum atomic E-state index is -0.914. The summed E-state index contributed by atoms with van der Waals surface area (Å²) in [5.74, 6) is -0.371. The number of hydrogen-bond donors (Lipinski definition) is 1. The molecule has 2 rings (SSSR count). The Morgan fingerprint density at radius 3 is 2.68 bits per heavy atom. The Labute approximate surface area is 111 Å². The van der Waals surface area contributed by atoms with E-state index in [0.29, 0.717) is 0 Å². The van der Waals surface area contributed by atoms with Gasteiger partial charge in [0.25, 0.3) is 5.91 Å². The molecule has 1 aliphatic heterocycles. The third kappa shape index (κ3) is 2.70. The van der Waals surface area contributed by atoms with E-state index >= 15 is 0 Å². The minimum absolute atomic E-state index is 0.0176. The van der Waals surface area contributed by atoms with Crippen LogP contribution in [0.1, 0.15) is 24.8 Å². The topological polar surface area (TPSA) is 66.8 Å². The average Bonchev–Trinajstić information content (AvgIpc) is 2.73. The highest BCUT2D eigenvalue weighted by molar-refractivity contribution is 5.83. The van der Waals surface area contributed by atoms with Crippen molar-refractivity contribution in [1.82, 2.24) is 4.90 Å². The maximum absolute atomic E-state index is 12.2. The molecule has 0 aromatic heterocycles. The molecule has 1 heterocycles. The van der Waals surface area contributed by atoms with Crippen molar-refractivity contribution < 1.29 is 19.4 Å². The highest BCUT2D eigenvalue weighted by atomic mass is 16.5. The molecule has 102 valence electrons. The van der Waals surface area contributed by atoms with Crippen molar-refractivity contribution in [2.24, 2.45) is 0 Å². The van der Waals surface area contributed by atoms with Gasteiger partial charge in [0, 0.05) is 25.1 Å². The molecule has 5 heteroatoms. The first-order valence-electron chi connectivity index (χ1n) is 6.23. The van der Waals surface area contributed by atoms with Crippen LogP contribution < -0.4 is 4.74 Å². The Balaban J connectivity index is 2.04. The summed E-state index contributed by atoms with van der Waals surface area (Å²) in [6, 6.07) is 7.58. The highest BCUT2D eigenvalue weighted by Gasteiger charge is 2.37. The number of hydrogen-bond acceptors (Lipinski definition) is 3. The number of carboxylic acid groups (broad SMARTS) is 1. The van der Waals surface area contributed by atoms with Gasteiger partial charge in [-0.05, 0) is 6.07 Å². The molecule has 0 aliphatic carbocycles. The maximum atomic E-state index is 12.2. The lowest BCUT2D eigenvalue weighted by Gasteiger charge is -2.22. The Kier molecular flexibility index (Phi) is 3.74. The third-order valence-corrected chi connectivity index (χ3v) is 3.40. The molecular formula is C14H17NO4. The summed E-state index contributed by atoms with van der Waals surface area (Å²) >= 11 is 0. The number of rotatable bonds is 4. The van der Waals surface area contributed by atoms with Crippen LogP contribution >= 0.6 is 0 Å². The number of nitrogens with zero attached hydrogens (tertiary/aromatic N) is 1. The molecule has 1 aromatic rings. The zero-order valence-electron chi connectivity index (χ0n) is 11.0. The molecular weight excluding hydrogens is 246 g/mol. The second-order valence-corrected chi connectivity index (χ2v) is 4.77. The zero-order valence-corrected chi connectivity index (χ0v) is 11.0. The molecule has 0 spiro atoms. The van der Waals surface area contributed by atoms with Crippen LogP contribution in [-0.4, -0.2) is 41.6 Å². The molecule has 0 bridgehead atoms. The van der Waals surface area contributed by atoms with Crippen LogP contribution in [0.15, 0.2) is 24.3 Å². The molecule has 0 saturated carbocycles. The molecule has 0 saturated heterocycles. The van der Waals surface area contributed by atoms with Gasteiger partial charge in [0.2, 0.25) is 0 Å². The van der Waals surface area contributed by atoms with E-state index in [2.05, 4.69) is 0 Å². The fourth-order valence-electron chi connectivity index (χ4n) is 2.22. The van der Waals surface area contributed by atoms with Crippen LogP contribution in [0.5, 0.6) is 5.75 Å². The number of para-hydroxylation sites is 1. The summed E-state index contributed by atoms with van der Waals surface area (Å²) in [6.45, 7) is 2.14. The largest absolute Gasteiger partial charge is 0.481 e. The van der Waals surface area contributed by atoms with E-state index in [1.807, 2.05) is 31.2 Å². The van der Waals surface area contributed by atoms with Crippen LogP contribution in [0.2, 0.25) is 0 Å². The molecule has 1 aliphatic rings. The van der Waals surface area contributed by atoms with Crippen LogP contribution in [0.3, 0.4) is 0 Å². The van der Waals surface area contributed by atoms with Crippen molar-refractivity contribution >= 4 is 11.9 Å². The number of likely N-dealkylation sites (N-methyl/N-ethyl adjacent to an activating group) is 1. The quantitative estimate of drug-likeness (QED) is 0.893. The van der Waals surface area contributed by atoms with E-state index in [-0.39, 0.29) is 24.8 Å². The van der Waals surface area contributed by atoms with Gasteiger partial charge in [0.05, 0.1) is 6.42 Å². The maximum Gasteiger partial charge on any atom is 0.305 e. The van der Waals surface area contributed by atoms with E-state index in [1.165, 1.54) is 4.90 Å². The lowest BCUT2D eigenvalue weighted by atomic mass is 9.97. The summed E-state index contributed by atoms with van der Waals surface area (Å²) in [7, 11) is 1.60. The SMILES string of the molecule is C[C@@H]1c2ccccc2O[C@H]1C(=O)N(C)CCC(=O)O. The summed E-state index contributed by atoms with van der Waals surface area (Å²) in [5.41, 5.74) is 1.02. The van der Waals surface area contributed by atoms with Crippen molar-refractivity contribution in [3.63, 3.8) is 0 Å². The number of carbonyl (C=O) groups is 2. The van der Waals surface area contributed by atoms with Gasteiger partial charge >= 0.3 is 5.97 Å². The number of amides is 1. The van der Waals surface area contributed by atoms with E-state index in [0.717, 1.165) is 11.3 Å². The Morgan fingerprint density at radius 2 is 2.05 bits per heavy atom. The number of ether oxygens (including phenoxy) is 1. The smallest absolute Gasteiger partial charge is 0.305 e. The first-order chi connectivity index (χ1) is 9.00. The second kappa shape index (κ2) is 5.30. The first kappa shape index (κ1) is 13.4. The Bertz CT molecular complexity index is 500. The monoisotopic (exact) mass is 263 g/mol. The second-order valence-electron chi connectivity index (χ2n) is 4.77. The van der Waals surface area contributed by atoms with E-state index in [1.54, 1.807) is 7.05 Å². The molecule has 0 fully saturated rings. The van der Waals surface area contributed by atoms with Crippen LogP contribution in [-0.2, 0) is 9.59 Å². The standard InChI is InChI=1S/C14H17NO4/c1-9-10-5-3-4-6-11(10)19-13(9)14(18)15(2)8-7-12(16)17/h3-6,9,13H,7-8H2,1-2H3,(H,16,17)/t9-,13-/m1/s1. The van der Waals surface area contributed by atoms with Gasteiger partial charge in [0.15, 0.2) is 6.10 Å².